The Bertz CT molecular complexity index is 949. The van der Waals surface area contributed by atoms with E-state index in [1.54, 1.807) is 57.2 Å². The molecule has 7 nitrogen and oxygen atoms in total. The number of rotatable bonds is 6. The third-order valence-electron chi connectivity index (χ3n) is 3.86. The molecule has 0 saturated carbocycles. The zero-order valence-corrected chi connectivity index (χ0v) is 17.7. The van der Waals surface area contributed by atoms with Crippen LogP contribution >= 0.6 is 0 Å². The molecule has 0 aromatic heterocycles. The number of hydrogen-bond donors (Lipinski definition) is 2. The number of alkyl carbamates (subject to hydrolysis) is 1. The molecule has 8 heteroatoms. The molecular weight excluding hydrogens is 392 g/mol. The van der Waals surface area contributed by atoms with Crippen molar-refractivity contribution in [3.8, 4) is 0 Å². The average molecular weight is 419 g/mol. The van der Waals surface area contributed by atoms with Gasteiger partial charge in [0.1, 0.15) is 11.6 Å². The summed E-state index contributed by atoms with van der Waals surface area (Å²) in [6, 6.07) is 13.9. The van der Waals surface area contributed by atoms with E-state index in [1.165, 1.54) is 12.1 Å². The molecule has 0 aliphatic heterocycles. The lowest BCUT2D eigenvalue weighted by Gasteiger charge is -2.23. The lowest BCUT2D eigenvalue weighted by atomic mass is 10.1. The number of sulfonamides is 1. The second kappa shape index (κ2) is 9.09. The van der Waals surface area contributed by atoms with E-state index in [0.717, 1.165) is 11.1 Å². The molecule has 0 unspecified atom stereocenters. The summed E-state index contributed by atoms with van der Waals surface area (Å²) in [5.41, 5.74) is 0.895. The molecule has 2 amide bonds. The van der Waals surface area contributed by atoms with Crippen LogP contribution in [0.25, 0.3) is 0 Å². The molecule has 0 spiro atoms. The van der Waals surface area contributed by atoms with Gasteiger partial charge in [-0.05, 0) is 45.4 Å². The molecule has 0 aliphatic carbocycles. The van der Waals surface area contributed by atoms with Gasteiger partial charge in [-0.2, -0.15) is 0 Å². The smallest absolute Gasteiger partial charge is 0.408 e. The van der Waals surface area contributed by atoms with Crippen LogP contribution in [-0.2, 0) is 26.0 Å². The summed E-state index contributed by atoms with van der Waals surface area (Å²) >= 11 is 0. The minimum absolute atomic E-state index is 0.0350. The van der Waals surface area contributed by atoms with Crippen LogP contribution in [0.3, 0.4) is 0 Å². The van der Waals surface area contributed by atoms with Gasteiger partial charge >= 0.3 is 6.09 Å². The number of carbonyl (C=O) groups excluding carboxylic acids is 2. The predicted octanol–water partition coefficient (Wildman–Crippen LogP) is 2.94. The van der Waals surface area contributed by atoms with Gasteiger partial charge in [0.05, 0.1) is 4.90 Å². The molecule has 0 fully saturated rings. The van der Waals surface area contributed by atoms with Crippen molar-refractivity contribution in [2.45, 2.75) is 50.7 Å². The molecule has 2 N–H and O–H groups in total. The largest absolute Gasteiger partial charge is 0.444 e. The van der Waals surface area contributed by atoms with Gasteiger partial charge < -0.3 is 10.1 Å². The molecule has 0 saturated heterocycles. The summed E-state index contributed by atoms with van der Waals surface area (Å²) in [7, 11) is -4.08. The van der Waals surface area contributed by atoms with E-state index in [4.69, 9.17) is 4.74 Å². The molecule has 1 atom stereocenters. The summed E-state index contributed by atoms with van der Waals surface area (Å²) in [6.45, 7) is 6.91. The Kier molecular flexibility index (Phi) is 7.02. The minimum Gasteiger partial charge on any atom is -0.444 e. The summed E-state index contributed by atoms with van der Waals surface area (Å²) in [4.78, 5) is 24.9. The second-order valence-corrected chi connectivity index (χ2v) is 9.35. The maximum atomic E-state index is 12.7. The van der Waals surface area contributed by atoms with Crippen LogP contribution < -0.4 is 10.0 Å². The molecule has 2 aromatic carbocycles. The molecule has 0 heterocycles. The summed E-state index contributed by atoms with van der Waals surface area (Å²) in [5, 5.41) is 2.47. The highest BCUT2D eigenvalue weighted by Gasteiger charge is 2.28. The van der Waals surface area contributed by atoms with E-state index in [-0.39, 0.29) is 11.3 Å². The third kappa shape index (κ3) is 7.23. The van der Waals surface area contributed by atoms with Crippen LogP contribution in [0.2, 0.25) is 0 Å². The van der Waals surface area contributed by atoms with Gasteiger partial charge in [0.2, 0.25) is 0 Å². The quantitative estimate of drug-likeness (QED) is 0.751. The molecular formula is C21H26N2O5S. The first kappa shape index (κ1) is 22.4. The van der Waals surface area contributed by atoms with Gasteiger partial charge in [0.25, 0.3) is 15.9 Å². The number of amides is 2. The Hall–Kier alpha value is -2.87. The second-order valence-electron chi connectivity index (χ2n) is 7.67. The SMILES string of the molecule is Cc1ccc(S(=O)(=O)NC(=O)[C@@H](Cc2ccccc2)NC(=O)OC(C)(C)C)cc1. The number of nitrogens with one attached hydrogen (secondary N) is 2. The third-order valence-corrected chi connectivity index (χ3v) is 5.22. The first-order chi connectivity index (χ1) is 13.5. The Labute approximate surface area is 171 Å². The van der Waals surface area contributed by atoms with Crippen molar-refractivity contribution < 1.29 is 22.7 Å². The fourth-order valence-electron chi connectivity index (χ4n) is 2.49. The van der Waals surface area contributed by atoms with E-state index in [2.05, 4.69) is 5.32 Å². The van der Waals surface area contributed by atoms with Crippen LogP contribution in [0.5, 0.6) is 0 Å². The van der Waals surface area contributed by atoms with Crippen molar-refractivity contribution in [1.29, 1.82) is 0 Å². The summed E-state index contributed by atoms with van der Waals surface area (Å²) in [5.74, 6) is -0.847. The Morgan fingerprint density at radius 2 is 1.59 bits per heavy atom. The predicted molar refractivity (Wildman–Crippen MR) is 110 cm³/mol. The fourth-order valence-corrected chi connectivity index (χ4v) is 3.51. The van der Waals surface area contributed by atoms with Gasteiger partial charge in [0, 0.05) is 6.42 Å². The lowest BCUT2D eigenvalue weighted by Crippen LogP contribution is -2.50. The standard InChI is InChI=1S/C21H26N2O5S/c1-15-10-12-17(13-11-15)29(26,27)23-19(24)18(14-16-8-6-5-7-9-16)22-20(25)28-21(2,3)4/h5-13,18H,14H2,1-4H3,(H,22,25)(H,23,24)/t18-/m1/s1. The summed E-state index contributed by atoms with van der Waals surface area (Å²) in [6.07, 6.45) is -0.698. The number of ether oxygens (including phenoxy) is 1. The fraction of sp³-hybridized carbons (Fsp3) is 0.333. The highest BCUT2D eigenvalue weighted by molar-refractivity contribution is 7.90. The number of hydrogen-bond acceptors (Lipinski definition) is 5. The molecule has 2 rings (SSSR count). The Balaban J connectivity index is 2.20. The number of carbonyl (C=O) groups is 2. The first-order valence-corrected chi connectivity index (χ1v) is 10.6. The van der Waals surface area contributed by atoms with E-state index in [9.17, 15) is 18.0 Å². The highest BCUT2D eigenvalue weighted by Crippen LogP contribution is 2.12. The van der Waals surface area contributed by atoms with Crippen LogP contribution in [0.4, 0.5) is 4.79 Å². The Morgan fingerprint density at radius 3 is 2.14 bits per heavy atom. The van der Waals surface area contributed by atoms with Crippen LogP contribution in [0.1, 0.15) is 31.9 Å². The molecule has 2 aromatic rings. The van der Waals surface area contributed by atoms with Gasteiger partial charge in [-0.1, -0.05) is 48.0 Å². The maximum absolute atomic E-state index is 12.7. The van der Waals surface area contributed by atoms with E-state index < -0.39 is 33.7 Å². The molecule has 0 bridgehead atoms. The monoisotopic (exact) mass is 418 g/mol. The Morgan fingerprint density at radius 1 is 1.00 bits per heavy atom. The van der Waals surface area contributed by atoms with Gasteiger partial charge in [-0.25, -0.2) is 17.9 Å². The van der Waals surface area contributed by atoms with Gasteiger partial charge in [-0.3, -0.25) is 4.79 Å². The lowest BCUT2D eigenvalue weighted by molar-refractivity contribution is -0.121. The highest BCUT2D eigenvalue weighted by atomic mass is 32.2. The van der Waals surface area contributed by atoms with Gasteiger partial charge in [0.15, 0.2) is 0 Å². The average Bonchev–Trinajstić information content (AvgIpc) is 2.60. The molecule has 0 radical (unpaired) electrons. The van der Waals surface area contributed by atoms with Crippen molar-refractivity contribution in [3.63, 3.8) is 0 Å². The number of aryl methyl sites for hydroxylation is 1. The normalized spacial score (nSPS) is 12.7. The van der Waals surface area contributed by atoms with E-state index in [1.807, 2.05) is 17.7 Å². The molecule has 0 aliphatic rings. The van der Waals surface area contributed by atoms with Crippen molar-refractivity contribution in [3.05, 3.63) is 65.7 Å². The zero-order valence-electron chi connectivity index (χ0n) is 16.9. The van der Waals surface area contributed by atoms with Crippen molar-refractivity contribution in [1.82, 2.24) is 10.0 Å². The first-order valence-electron chi connectivity index (χ1n) is 9.13. The van der Waals surface area contributed by atoms with Crippen molar-refractivity contribution in [2.24, 2.45) is 0 Å². The van der Waals surface area contributed by atoms with E-state index in [0.29, 0.717) is 0 Å². The number of benzene rings is 2. The van der Waals surface area contributed by atoms with Crippen LogP contribution in [0, 0.1) is 6.92 Å². The van der Waals surface area contributed by atoms with E-state index >= 15 is 0 Å². The van der Waals surface area contributed by atoms with Crippen LogP contribution in [-0.4, -0.2) is 32.1 Å². The topological polar surface area (TPSA) is 102 Å². The minimum atomic E-state index is -4.08. The molecule has 29 heavy (non-hydrogen) atoms. The summed E-state index contributed by atoms with van der Waals surface area (Å²) < 4.78 is 32.3. The van der Waals surface area contributed by atoms with Crippen LogP contribution in [0.15, 0.2) is 59.5 Å². The van der Waals surface area contributed by atoms with Gasteiger partial charge in [-0.15, -0.1) is 0 Å². The molecule has 156 valence electrons. The van der Waals surface area contributed by atoms with Crippen molar-refractivity contribution in [2.75, 3.05) is 0 Å². The van der Waals surface area contributed by atoms with Crippen molar-refractivity contribution >= 4 is 22.0 Å². The maximum Gasteiger partial charge on any atom is 0.408 e. The zero-order chi connectivity index (χ0) is 21.7.